The van der Waals surface area contributed by atoms with Crippen LogP contribution in [0, 0.1) is 13.8 Å². The minimum atomic E-state index is -3.78. The fraction of sp³-hybridized carbons (Fsp3) is 0.294. The van der Waals surface area contributed by atoms with Gasteiger partial charge < -0.3 is 5.32 Å². The number of rotatable bonds is 6. The number of hydrogen-bond donors (Lipinski definition) is 2. The molecule has 6 nitrogen and oxygen atoms in total. The summed E-state index contributed by atoms with van der Waals surface area (Å²) < 4.78 is 27.2. The van der Waals surface area contributed by atoms with E-state index in [2.05, 4.69) is 15.0 Å². The van der Waals surface area contributed by atoms with Crippen LogP contribution in [0.1, 0.15) is 23.9 Å². The summed E-state index contributed by atoms with van der Waals surface area (Å²) in [5.41, 5.74) is 2.16. The van der Waals surface area contributed by atoms with Gasteiger partial charge in [0.1, 0.15) is 0 Å². The van der Waals surface area contributed by atoms with Crippen molar-refractivity contribution in [1.82, 2.24) is 15.0 Å². The molecule has 1 heterocycles. The zero-order valence-corrected chi connectivity index (χ0v) is 14.7. The van der Waals surface area contributed by atoms with E-state index in [1.54, 1.807) is 13.8 Å². The first-order valence-electron chi connectivity index (χ1n) is 7.57. The van der Waals surface area contributed by atoms with Gasteiger partial charge in [-0.25, -0.2) is 8.42 Å². The number of nitrogens with zero attached hydrogens (tertiary/aromatic N) is 1. The van der Waals surface area contributed by atoms with Crippen molar-refractivity contribution in [3.63, 3.8) is 0 Å². The van der Waals surface area contributed by atoms with Gasteiger partial charge in [-0.2, -0.15) is 4.72 Å². The Balaban J connectivity index is 2.01. The number of aromatic nitrogens is 1. The maximum atomic E-state index is 12.4. The standard InChI is InChI=1S/C17H21N3O3S/c1-12-9-16(10-13(2)19-12)24(22,23)20-14(3)17(21)18-11-15-7-5-4-6-8-15/h4-10,14,20H,11H2,1-3H3,(H,18,21). The van der Waals surface area contributed by atoms with E-state index >= 15 is 0 Å². The molecule has 0 fully saturated rings. The maximum Gasteiger partial charge on any atom is 0.241 e. The van der Waals surface area contributed by atoms with Gasteiger partial charge in [0.25, 0.3) is 0 Å². The van der Waals surface area contributed by atoms with Crippen molar-refractivity contribution in [2.45, 2.75) is 38.3 Å². The average Bonchev–Trinajstić information content (AvgIpc) is 2.52. The van der Waals surface area contributed by atoms with Crippen molar-refractivity contribution in [1.29, 1.82) is 0 Å². The molecule has 2 N–H and O–H groups in total. The van der Waals surface area contributed by atoms with Crippen molar-refractivity contribution < 1.29 is 13.2 Å². The van der Waals surface area contributed by atoms with Gasteiger partial charge in [-0.05, 0) is 38.5 Å². The second-order valence-electron chi connectivity index (χ2n) is 5.63. The monoisotopic (exact) mass is 347 g/mol. The summed E-state index contributed by atoms with van der Waals surface area (Å²) in [7, 11) is -3.78. The van der Waals surface area contributed by atoms with Gasteiger partial charge in [0.15, 0.2) is 0 Å². The Labute approximate surface area is 142 Å². The Kier molecular flexibility index (Phi) is 5.69. The molecule has 0 aliphatic carbocycles. The van der Waals surface area contributed by atoms with Crippen molar-refractivity contribution in [3.8, 4) is 0 Å². The quantitative estimate of drug-likeness (QED) is 0.832. The van der Waals surface area contributed by atoms with E-state index in [1.165, 1.54) is 19.1 Å². The molecule has 24 heavy (non-hydrogen) atoms. The third kappa shape index (κ3) is 4.87. The molecule has 0 radical (unpaired) electrons. The molecular formula is C17H21N3O3S. The lowest BCUT2D eigenvalue weighted by Gasteiger charge is -2.15. The third-order valence-corrected chi connectivity index (χ3v) is 4.92. The van der Waals surface area contributed by atoms with Crippen molar-refractivity contribution >= 4 is 15.9 Å². The van der Waals surface area contributed by atoms with Crippen molar-refractivity contribution in [2.75, 3.05) is 0 Å². The smallest absolute Gasteiger partial charge is 0.241 e. The van der Waals surface area contributed by atoms with E-state index in [-0.39, 0.29) is 10.8 Å². The summed E-state index contributed by atoms with van der Waals surface area (Å²) in [6.45, 7) is 5.31. The van der Waals surface area contributed by atoms with Crippen LogP contribution in [0.4, 0.5) is 0 Å². The first-order valence-corrected chi connectivity index (χ1v) is 9.05. The fourth-order valence-electron chi connectivity index (χ4n) is 2.24. The number of carbonyl (C=O) groups is 1. The van der Waals surface area contributed by atoms with Crippen molar-refractivity contribution in [2.24, 2.45) is 0 Å². The molecule has 0 aliphatic heterocycles. The average molecular weight is 347 g/mol. The Morgan fingerprint density at radius 3 is 2.29 bits per heavy atom. The van der Waals surface area contributed by atoms with Crippen molar-refractivity contribution in [3.05, 3.63) is 59.4 Å². The predicted octanol–water partition coefficient (Wildman–Crippen LogP) is 1.68. The molecule has 0 spiro atoms. The molecule has 2 rings (SSSR count). The van der Waals surface area contributed by atoms with E-state index in [0.717, 1.165) is 5.56 Å². The van der Waals surface area contributed by atoms with Gasteiger partial charge in [-0.1, -0.05) is 30.3 Å². The largest absolute Gasteiger partial charge is 0.351 e. The van der Waals surface area contributed by atoms with Crippen LogP contribution in [0.2, 0.25) is 0 Å². The highest BCUT2D eigenvalue weighted by atomic mass is 32.2. The molecule has 2 aromatic rings. The summed E-state index contributed by atoms with van der Waals surface area (Å²) in [5.74, 6) is -0.384. The second-order valence-corrected chi connectivity index (χ2v) is 7.35. The predicted molar refractivity (Wildman–Crippen MR) is 91.8 cm³/mol. The molecule has 0 saturated heterocycles. The molecule has 7 heteroatoms. The Hall–Kier alpha value is -2.25. The molecule has 1 aromatic carbocycles. The zero-order valence-electron chi connectivity index (χ0n) is 13.9. The SMILES string of the molecule is Cc1cc(S(=O)(=O)NC(C)C(=O)NCc2ccccc2)cc(C)n1. The fourth-order valence-corrected chi connectivity index (χ4v) is 3.60. The third-order valence-electron chi connectivity index (χ3n) is 3.40. The molecular weight excluding hydrogens is 326 g/mol. The van der Waals surface area contributed by atoms with Crippen LogP contribution in [0.3, 0.4) is 0 Å². The normalized spacial score (nSPS) is 12.6. The van der Waals surface area contributed by atoms with Crippen LogP contribution in [0.25, 0.3) is 0 Å². The van der Waals surface area contributed by atoms with Crippen LogP contribution < -0.4 is 10.0 Å². The summed E-state index contributed by atoms with van der Waals surface area (Å²) in [6.07, 6.45) is 0. The van der Waals surface area contributed by atoms with Gasteiger partial charge in [-0.3, -0.25) is 9.78 Å². The van der Waals surface area contributed by atoms with E-state index < -0.39 is 16.1 Å². The lowest BCUT2D eigenvalue weighted by atomic mass is 10.2. The van der Waals surface area contributed by atoms with E-state index in [4.69, 9.17) is 0 Å². The van der Waals surface area contributed by atoms with Crippen LogP contribution in [-0.4, -0.2) is 25.4 Å². The van der Waals surface area contributed by atoms with E-state index in [1.807, 2.05) is 30.3 Å². The Bertz CT molecular complexity index is 800. The van der Waals surface area contributed by atoms with E-state index in [9.17, 15) is 13.2 Å². The summed E-state index contributed by atoms with van der Waals surface area (Å²) in [4.78, 5) is 16.4. The van der Waals surface area contributed by atoms with Crippen LogP contribution in [0.5, 0.6) is 0 Å². The molecule has 1 aromatic heterocycles. The highest BCUT2D eigenvalue weighted by Gasteiger charge is 2.22. The highest BCUT2D eigenvalue weighted by molar-refractivity contribution is 7.89. The Morgan fingerprint density at radius 2 is 1.71 bits per heavy atom. The van der Waals surface area contributed by atoms with Gasteiger partial charge in [-0.15, -0.1) is 0 Å². The van der Waals surface area contributed by atoms with Gasteiger partial charge in [0.2, 0.25) is 15.9 Å². The Morgan fingerprint density at radius 1 is 1.12 bits per heavy atom. The van der Waals surface area contributed by atoms with Crippen LogP contribution in [-0.2, 0) is 21.4 Å². The molecule has 0 aliphatic rings. The maximum absolute atomic E-state index is 12.4. The summed E-state index contributed by atoms with van der Waals surface area (Å²) >= 11 is 0. The molecule has 128 valence electrons. The zero-order chi connectivity index (χ0) is 17.7. The first-order chi connectivity index (χ1) is 11.3. The molecule has 1 atom stereocenters. The highest BCUT2D eigenvalue weighted by Crippen LogP contribution is 2.12. The molecule has 0 saturated carbocycles. The number of benzene rings is 1. The lowest BCUT2D eigenvalue weighted by Crippen LogP contribution is -2.44. The molecule has 1 amide bonds. The van der Waals surface area contributed by atoms with Gasteiger partial charge in [0.05, 0.1) is 10.9 Å². The second kappa shape index (κ2) is 7.55. The lowest BCUT2D eigenvalue weighted by molar-refractivity contribution is -0.122. The molecule has 0 bridgehead atoms. The number of sulfonamides is 1. The van der Waals surface area contributed by atoms with Gasteiger partial charge in [0, 0.05) is 17.9 Å². The number of nitrogens with one attached hydrogen (secondary N) is 2. The minimum absolute atomic E-state index is 0.107. The topological polar surface area (TPSA) is 88.2 Å². The first kappa shape index (κ1) is 18.1. The van der Waals surface area contributed by atoms with E-state index in [0.29, 0.717) is 17.9 Å². The summed E-state index contributed by atoms with van der Waals surface area (Å²) in [5, 5.41) is 2.72. The number of aryl methyl sites for hydroxylation is 2. The number of hydrogen-bond acceptors (Lipinski definition) is 4. The minimum Gasteiger partial charge on any atom is -0.351 e. The molecule has 1 unspecified atom stereocenters. The van der Waals surface area contributed by atoms with Crippen LogP contribution in [0.15, 0.2) is 47.4 Å². The summed E-state index contributed by atoms with van der Waals surface area (Å²) in [6, 6.07) is 11.5. The number of pyridine rings is 1. The number of carbonyl (C=O) groups excluding carboxylic acids is 1. The number of amides is 1. The van der Waals surface area contributed by atoms with Gasteiger partial charge >= 0.3 is 0 Å². The van der Waals surface area contributed by atoms with Crippen LogP contribution >= 0.6 is 0 Å².